The van der Waals surface area contributed by atoms with Crippen LogP contribution in [0.15, 0.2) is 40.8 Å². The van der Waals surface area contributed by atoms with Gasteiger partial charge in [-0.1, -0.05) is 30.3 Å². The van der Waals surface area contributed by atoms with Gasteiger partial charge in [0.1, 0.15) is 0 Å². The molecule has 0 saturated carbocycles. The van der Waals surface area contributed by atoms with Crippen molar-refractivity contribution in [3.05, 3.63) is 52.0 Å². The predicted octanol–water partition coefficient (Wildman–Crippen LogP) is 3.22. The van der Waals surface area contributed by atoms with E-state index < -0.39 is 0 Å². The number of carbonyl (C=O) groups excluding carboxylic acids is 1. The van der Waals surface area contributed by atoms with Crippen molar-refractivity contribution in [2.45, 2.75) is 33.2 Å². The van der Waals surface area contributed by atoms with Gasteiger partial charge >= 0.3 is 0 Å². The van der Waals surface area contributed by atoms with Gasteiger partial charge in [0.05, 0.1) is 17.7 Å². The molecule has 29 heavy (non-hydrogen) atoms. The van der Waals surface area contributed by atoms with Gasteiger partial charge in [0.2, 0.25) is 5.91 Å². The van der Waals surface area contributed by atoms with Crippen molar-refractivity contribution in [2.75, 3.05) is 26.2 Å². The molecule has 0 radical (unpaired) electrons. The van der Waals surface area contributed by atoms with Gasteiger partial charge in [0, 0.05) is 43.4 Å². The highest BCUT2D eigenvalue weighted by Crippen LogP contribution is 2.18. The molecule has 1 saturated heterocycles. The van der Waals surface area contributed by atoms with Crippen LogP contribution in [0.5, 0.6) is 0 Å². The number of nitrogens with zero attached hydrogens (tertiary/aromatic N) is 3. The van der Waals surface area contributed by atoms with Crippen LogP contribution in [0.3, 0.4) is 0 Å². The Morgan fingerprint density at radius 1 is 1.31 bits per heavy atom. The van der Waals surface area contributed by atoms with Crippen LogP contribution in [0.2, 0.25) is 0 Å². The molecule has 1 aliphatic rings. The molecule has 0 spiro atoms. The third kappa shape index (κ3) is 7.26. The van der Waals surface area contributed by atoms with Crippen LogP contribution in [0.1, 0.15) is 29.5 Å². The second-order valence-electron chi connectivity index (χ2n) is 7.08. The summed E-state index contributed by atoms with van der Waals surface area (Å²) in [5.74, 6) is 1.37. The largest absolute Gasteiger partial charge is 0.357 e. The van der Waals surface area contributed by atoms with E-state index in [1.165, 1.54) is 10.4 Å². The van der Waals surface area contributed by atoms with Crippen molar-refractivity contribution in [3.8, 4) is 0 Å². The normalized spacial score (nSPS) is 16.6. The van der Waals surface area contributed by atoms with Gasteiger partial charge in [-0.25, -0.2) is 9.98 Å². The predicted molar refractivity (Wildman–Crippen MR) is 130 cm³/mol. The molecule has 8 heteroatoms. The summed E-state index contributed by atoms with van der Waals surface area (Å²) in [7, 11) is 0. The summed E-state index contributed by atoms with van der Waals surface area (Å²) in [4.78, 5) is 24.4. The first-order valence-electron chi connectivity index (χ1n) is 9.88. The Hall–Kier alpha value is -1.68. The van der Waals surface area contributed by atoms with Crippen molar-refractivity contribution in [2.24, 2.45) is 10.9 Å². The number of hydrogen-bond acceptors (Lipinski definition) is 4. The molecule has 1 aromatic heterocycles. The van der Waals surface area contributed by atoms with Crippen LogP contribution in [0.4, 0.5) is 0 Å². The summed E-state index contributed by atoms with van der Waals surface area (Å²) in [6.07, 6.45) is 1.51. The number of likely N-dealkylation sites (tertiary alicyclic amines) is 1. The van der Waals surface area contributed by atoms with E-state index in [-0.39, 0.29) is 29.9 Å². The first kappa shape index (κ1) is 23.6. The van der Waals surface area contributed by atoms with E-state index in [4.69, 9.17) is 0 Å². The molecule has 1 unspecified atom stereocenters. The van der Waals surface area contributed by atoms with E-state index in [0.717, 1.165) is 44.3 Å². The molecule has 0 bridgehead atoms. The number of benzene rings is 1. The molecule has 3 rings (SSSR count). The van der Waals surface area contributed by atoms with Gasteiger partial charge in [-0.3, -0.25) is 4.79 Å². The summed E-state index contributed by atoms with van der Waals surface area (Å²) in [6, 6.07) is 10.3. The van der Waals surface area contributed by atoms with Crippen molar-refractivity contribution in [3.63, 3.8) is 0 Å². The lowest BCUT2D eigenvalue weighted by Crippen LogP contribution is -2.40. The Morgan fingerprint density at radius 2 is 2.10 bits per heavy atom. The Bertz CT molecular complexity index is 795. The van der Waals surface area contributed by atoms with Crippen LogP contribution in [0, 0.1) is 12.8 Å². The lowest BCUT2D eigenvalue weighted by Gasteiger charge is -2.18. The first-order valence-corrected chi connectivity index (χ1v) is 10.8. The zero-order valence-corrected chi connectivity index (χ0v) is 20.2. The lowest BCUT2D eigenvalue weighted by atomic mass is 10.1. The fraction of sp³-hybridized carbons (Fsp3) is 0.476. The molecule has 6 nitrogen and oxygen atoms in total. The number of hydrogen-bond donors (Lipinski definition) is 2. The number of amides is 1. The van der Waals surface area contributed by atoms with E-state index in [9.17, 15) is 4.79 Å². The zero-order valence-electron chi connectivity index (χ0n) is 17.1. The summed E-state index contributed by atoms with van der Waals surface area (Å²) >= 11 is 1.63. The quantitative estimate of drug-likeness (QED) is 0.314. The Kier molecular flexibility index (Phi) is 9.86. The molecular weight excluding hydrogens is 497 g/mol. The van der Waals surface area contributed by atoms with E-state index in [1.54, 1.807) is 11.3 Å². The Balaban J connectivity index is 0.00000300. The SMILES string of the molecule is CCNC(=NCc1scnc1C)NCC1CC(=O)N(CCc2ccccc2)C1.I. The smallest absolute Gasteiger partial charge is 0.223 e. The van der Waals surface area contributed by atoms with Gasteiger partial charge in [0.25, 0.3) is 0 Å². The highest BCUT2D eigenvalue weighted by molar-refractivity contribution is 14.0. The zero-order chi connectivity index (χ0) is 19.8. The number of nitrogens with one attached hydrogen (secondary N) is 2. The molecule has 1 aromatic carbocycles. The molecule has 0 aliphatic carbocycles. The van der Waals surface area contributed by atoms with Crippen LogP contribution in [0.25, 0.3) is 0 Å². The summed E-state index contributed by atoms with van der Waals surface area (Å²) in [5.41, 5.74) is 4.17. The highest BCUT2D eigenvalue weighted by Gasteiger charge is 2.29. The number of halogens is 1. The Morgan fingerprint density at radius 3 is 2.79 bits per heavy atom. The highest BCUT2D eigenvalue weighted by atomic mass is 127. The summed E-state index contributed by atoms with van der Waals surface area (Å²) < 4.78 is 0. The van der Waals surface area contributed by atoms with E-state index in [2.05, 4.69) is 39.7 Å². The number of aromatic nitrogens is 1. The number of aryl methyl sites for hydroxylation is 1. The molecule has 1 atom stereocenters. The molecule has 1 aliphatic heterocycles. The molecule has 1 fully saturated rings. The van der Waals surface area contributed by atoms with Gasteiger partial charge in [-0.2, -0.15) is 0 Å². The fourth-order valence-electron chi connectivity index (χ4n) is 3.33. The molecule has 1 amide bonds. The molecule has 158 valence electrons. The van der Waals surface area contributed by atoms with Crippen molar-refractivity contribution < 1.29 is 4.79 Å². The van der Waals surface area contributed by atoms with E-state index >= 15 is 0 Å². The van der Waals surface area contributed by atoms with Crippen molar-refractivity contribution >= 4 is 47.2 Å². The maximum absolute atomic E-state index is 12.3. The minimum absolute atomic E-state index is 0. The van der Waals surface area contributed by atoms with E-state index in [0.29, 0.717) is 18.9 Å². The minimum atomic E-state index is 0. The number of rotatable bonds is 8. The van der Waals surface area contributed by atoms with Crippen molar-refractivity contribution in [1.29, 1.82) is 0 Å². The maximum Gasteiger partial charge on any atom is 0.223 e. The van der Waals surface area contributed by atoms with Gasteiger partial charge in [0.15, 0.2) is 5.96 Å². The molecule has 2 aromatic rings. The number of carbonyl (C=O) groups is 1. The van der Waals surface area contributed by atoms with Crippen LogP contribution < -0.4 is 10.6 Å². The van der Waals surface area contributed by atoms with Gasteiger partial charge in [-0.15, -0.1) is 35.3 Å². The van der Waals surface area contributed by atoms with Crippen LogP contribution >= 0.6 is 35.3 Å². The van der Waals surface area contributed by atoms with Crippen LogP contribution in [-0.4, -0.2) is 47.9 Å². The van der Waals surface area contributed by atoms with E-state index in [1.807, 2.05) is 35.5 Å². The second kappa shape index (κ2) is 12.1. The number of aliphatic imine (C=N–C) groups is 1. The third-order valence-electron chi connectivity index (χ3n) is 4.94. The van der Waals surface area contributed by atoms with Gasteiger partial charge < -0.3 is 15.5 Å². The Labute approximate surface area is 194 Å². The summed E-state index contributed by atoms with van der Waals surface area (Å²) in [6.45, 7) is 7.85. The lowest BCUT2D eigenvalue weighted by molar-refractivity contribution is -0.127. The van der Waals surface area contributed by atoms with Crippen LogP contribution in [-0.2, 0) is 17.8 Å². The maximum atomic E-state index is 12.3. The summed E-state index contributed by atoms with van der Waals surface area (Å²) in [5, 5.41) is 6.69. The molecular formula is C21H30IN5OS. The topological polar surface area (TPSA) is 69.6 Å². The standard InChI is InChI=1S/C21H29N5OS.HI/c1-3-22-21(24-13-19-16(2)25-15-28-19)23-12-18-11-20(27)26(14-18)10-9-17-7-5-4-6-8-17;/h4-8,15,18H,3,9-14H2,1-2H3,(H2,22,23,24);1H. The fourth-order valence-corrected chi connectivity index (χ4v) is 4.03. The second-order valence-corrected chi connectivity index (χ2v) is 8.02. The monoisotopic (exact) mass is 527 g/mol. The molecule has 2 heterocycles. The van der Waals surface area contributed by atoms with Gasteiger partial charge in [-0.05, 0) is 25.8 Å². The molecule has 2 N–H and O–H groups in total. The first-order chi connectivity index (χ1) is 13.7. The third-order valence-corrected chi connectivity index (χ3v) is 5.86. The number of guanidine groups is 1. The minimum Gasteiger partial charge on any atom is -0.357 e. The van der Waals surface area contributed by atoms with Crippen molar-refractivity contribution in [1.82, 2.24) is 20.5 Å². The number of thiazole rings is 1. The average Bonchev–Trinajstić information content (AvgIpc) is 3.28. The average molecular weight is 527 g/mol.